The Balaban J connectivity index is 1.94. The summed E-state index contributed by atoms with van der Waals surface area (Å²) in [5, 5.41) is 11.6. The third kappa shape index (κ3) is 4.83. The third-order valence-corrected chi connectivity index (χ3v) is 3.69. The zero-order valence-electron chi connectivity index (χ0n) is 14.2. The van der Waals surface area contributed by atoms with E-state index in [1.54, 1.807) is 31.4 Å². The second-order valence-electron chi connectivity index (χ2n) is 5.86. The minimum Gasteiger partial charge on any atom is -0.496 e. The van der Waals surface area contributed by atoms with Gasteiger partial charge in [0.15, 0.2) is 6.54 Å². The van der Waals surface area contributed by atoms with Crippen molar-refractivity contribution >= 4 is 11.6 Å². The number of ether oxygens (including phenoxy) is 1. The molecule has 0 aliphatic rings. The number of carbonyl (C=O) groups excluding carboxylic acids is 1. The van der Waals surface area contributed by atoms with Crippen molar-refractivity contribution in [1.82, 2.24) is 0 Å². The SMILES string of the molecule is COc1ccc(C)cc1C[NH+](C)CC(=O)Nc1ccc(C#N)cc1. The van der Waals surface area contributed by atoms with Crippen LogP contribution in [0.3, 0.4) is 0 Å². The Labute approximate surface area is 142 Å². The summed E-state index contributed by atoms with van der Waals surface area (Å²) in [6, 6.07) is 14.9. The molecule has 0 aliphatic heterocycles. The number of rotatable bonds is 6. The monoisotopic (exact) mass is 324 g/mol. The first-order valence-corrected chi connectivity index (χ1v) is 7.76. The normalized spacial score (nSPS) is 11.4. The lowest BCUT2D eigenvalue weighted by Crippen LogP contribution is -3.08. The molecule has 2 aromatic rings. The van der Waals surface area contributed by atoms with Gasteiger partial charge in [0, 0.05) is 11.3 Å². The fourth-order valence-electron chi connectivity index (χ4n) is 2.54. The summed E-state index contributed by atoms with van der Waals surface area (Å²) in [7, 11) is 3.63. The summed E-state index contributed by atoms with van der Waals surface area (Å²) >= 11 is 0. The topological polar surface area (TPSA) is 66.6 Å². The Morgan fingerprint density at radius 1 is 1.25 bits per heavy atom. The number of anilines is 1. The van der Waals surface area contributed by atoms with E-state index in [0.29, 0.717) is 24.3 Å². The van der Waals surface area contributed by atoms with Gasteiger partial charge >= 0.3 is 0 Å². The average Bonchev–Trinajstić information content (AvgIpc) is 2.55. The summed E-state index contributed by atoms with van der Waals surface area (Å²) in [4.78, 5) is 13.2. The molecule has 1 amide bonds. The molecule has 0 bridgehead atoms. The van der Waals surface area contributed by atoms with Crippen LogP contribution in [-0.4, -0.2) is 26.6 Å². The van der Waals surface area contributed by atoms with Gasteiger partial charge in [0.05, 0.1) is 25.8 Å². The maximum atomic E-state index is 12.2. The number of nitrogens with zero attached hydrogens (tertiary/aromatic N) is 1. The van der Waals surface area contributed by atoms with Gasteiger partial charge < -0.3 is 15.0 Å². The van der Waals surface area contributed by atoms with Gasteiger partial charge in [0.2, 0.25) is 0 Å². The molecule has 124 valence electrons. The Kier molecular flexibility index (Phi) is 5.94. The number of hydrogen-bond acceptors (Lipinski definition) is 3. The van der Waals surface area contributed by atoms with Crippen LogP contribution in [0.5, 0.6) is 5.75 Å². The second-order valence-corrected chi connectivity index (χ2v) is 5.86. The van der Waals surface area contributed by atoms with Crippen molar-refractivity contribution in [3.63, 3.8) is 0 Å². The van der Waals surface area contributed by atoms with Crippen LogP contribution in [0.4, 0.5) is 5.69 Å². The number of carbonyl (C=O) groups is 1. The maximum absolute atomic E-state index is 12.2. The maximum Gasteiger partial charge on any atom is 0.279 e. The molecule has 1 atom stereocenters. The first-order chi connectivity index (χ1) is 11.5. The molecule has 0 saturated heterocycles. The molecule has 0 heterocycles. The molecule has 1 unspecified atom stereocenters. The number of nitrogens with one attached hydrogen (secondary N) is 2. The Hall–Kier alpha value is -2.84. The van der Waals surface area contributed by atoms with Gasteiger partial charge in [-0.1, -0.05) is 11.6 Å². The minimum atomic E-state index is -0.0659. The molecular formula is C19H22N3O2+. The van der Waals surface area contributed by atoms with Gasteiger partial charge in [-0.25, -0.2) is 0 Å². The van der Waals surface area contributed by atoms with E-state index in [9.17, 15) is 4.79 Å². The van der Waals surface area contributed by atoms with Crippen LogP contribution in [-0.2, 0) is 11.3 Å². The van der Waals surface area contributed by atoms with E-state index in [2.05, 4.69) is 17.5 Å². The Morgan fingerprint density at radius 2 is 1.96 bits per heavy atom. The number of hydrogen-bond donors (Lipinski definition) is 2. The van der Waals surface area contributed by atoms with E-state index >= 15 is 0 Å². The van der Waals surface area contributed by atoms with Crippen molar-refractivity contribution in [1.29, 1.82) is 5.26 Å². The molecule has 2 N–H and O–H groups in total. The molecule has 2 aromatic carbocycles. The lowest BCUT2D eigenvalue weighted by atomic mass is 10.1. The molecule has 24 heavy (non-hydrogen) atoms. The highest BCUT2D eigenvalue weighted by molar-refractivity contribution is 5.91. The highest BCUT2D eigenvalue weighted by Gasteiger charge is 2.13. The molecule has 2 rings (SSSR count). The van der Waals surface area contributed by atoms with Crippen molar-refractivity contribution in [2.24, 2.45) is 0 Å². The van der Waals surface area contributed by atoms with Crippen molar-refractivity contribution in [3.8, 4) is 11.8 Å². The third-order valence-electron chi connectivity index (χ3n) is 3.69. The summed E-state index contributed by atoms with van der Waals surface area (Å²) in [6.45, 7) is 3.08. The van der Waals surface area contributed by atoms with E-state index in [1.165, 1.54) is 5.56 Å². The standard InChI is InChI=1S/C19H21N3O2/c1-14-4-9-18(24-3)16(10-14)12-22(2)13-19(23)21-17-7-5-15(11-20)6-8-17/h4-10H,12-13H2,1-3H3,(H,21,23)/p+1. The van der Waals surface area contributed by atoms with Crippen LogP contribution in [0.15, 0.2) is 42.5 Å². The molecule has 0 radical (unpaired) electrons. The van der Waals surface area contributed by atoms with E-state index in [1.807, 2.05) is 26.1 Å². The zero-order chi connectivity index (χ0) is 17.5. The highest BCUT2D eigenvalue weighted by atomic mass is 16.5. The van der Waals surface area contributed by atoms with E-state index in [0.717, 1.165) is 16.2 Å². The smallest absolute Gasteiger partial charge is 0.279 e. The molecule has 0 spiro atoms. The first kappa shape index (κ1) is 17.5. The number of likely N-dealkylation sites (N-methyl/N-ethyl adjacent to an activating group) is 1. The minimum absolute atomic E-state index is 0.0659. The summed E-state index contributed by atoms with van der Waals surface area (Å²) in [6.07, 6.45) is 0. The number of amides is 1. The zero-order valence-corrected chi connectivity index (χ0v) is 14.2. The number of quaternary nitrogens is 1. The number of nitriles is 1. The molecule has 0 aliphatic carbocycles. The van der Waals surface area contributed by atoms with Crippen LogP contribution >= 0.6 is 0 Å². The quantitative estimate of drug-likeness (QED) is 0.847. The fraction of sp³-hybridized carbons (Fsp3) is 0.263. The number of methoxy groups -OCH3 is 1. The summed E-state index contributed by atoms with van der Waals surface area (Å²) in [5.74, 6) is 0.774. The van der Waals surface area contributed by atoms with Gasteiger partial charge in [-0.05, 0) is 43.3 Å². The molecular weight excluding hydrogens is 302 g/mol. The molecule has 0 aromatic heterocycles. The molecule has 5 nitrogen and oxygen atoms in total. The second kappa shape index (κ2) is 8.14. The van der Waals surface area contributed by atoms with Crippen LogP contribution in [0.2, 0.25) is 0 Å². The lowest BCUT2D eigenvalue weighted by molar-refractivity contribution is -0.885. The van der Waals surface area contributed by atoms with Gasteiger partial charge in [0.1, 0.15) is 12.3 Å². The van der Waals surface area contributed by atoms with Crippen LogP contribution in [0, 0.1) is 18.3 Å². The molecule has 5 heteroatoms. The van der Waals surface area contributed by atoms with Crippen molar-refractivity contribution in [2.75, 3.05) is 26.0 Å². The molecule has 0 fully saturated rings. The Bertz CT molecular complexity index is 748. The molecule has 0 saturated carbocycles. The predicted molar refractivity (Wildman–Crippen MR) is 93.0 cm³/mol. The van der Waals surface area contributed by atoms with Crippen molar-refractivity contribution < 1.29 is 14.4 Å². The number of aryl methyl sites for hydroxylation is 1. The van der Waals surface area contributed by atoms with Gasteiger partial charge in [-0.2, -0.15) is 5.26 Å². The van der Waals surface area contributed by atoms with E-state index in [-0.39, 0.29) is 5.91 Å². The van der Waals surface area contributed by atoms with Crippen LogP contribution in [0.25, 0.3) is 0 Å². The summed E-state index contributed by atoms with van der Waals surface area (Å²) in [5.41, 5.74) is 3.52. The number of benzene rings is 2. The van der Waals surface area contributed by atoms with Crippen molar-refractivity contribution in [2.45, 2.75) is 13.5 Å². The van der Waals surface area contributed by atoms with Crippen molar-refractivity contribution in [3.05, 3.63) is 59.2 Å². The van der Waals surface area contributed by atoms with E-state index < -0.39 is 0 Å². The Morgan fingerprint density at radius 3 is 2.58 bits per heavy atom. The average molecular weight is 324 g/mol. The fourth-order valence-corrected chi connectivity index (χ4v) is 2.54. The largest absolute Gasteiger partial charge is 0.496 e. The highest BCUT2D eigenvalue weighted by Crippen LogP contribution is 2.18. The van der Waals surface area contributed by atoms with Crippen LogP contribution < -0.4 is 15.0 Å². The summed E-state index contributed by atoms with van der Waals surface area (Å²) < 4.78 is 5.38. The van der Waals surface area contributed by atoms with Gasteiger partial charge in [-0.15, -0.1) is 0 Å². The van der Waals surface area contributed by atoms with Crippen LogP contribution in [0.1, 0.15) is 16.7 Å². The first-order valence-electron chi connectivity index (χ1n) is 7.76. The van der Waals surface area contributed by atoms with E-state index in [4.69, 9.17) is 10.00 Å². The predicted octanol–water partition coefficient (Wildman–Crippen LogP) is 1.53. The van der Waals surface area contributed by atoms with Gasteiger partial charge in [-0.3, -0.25) is 4.79 Å². The lowest BCUT2D eigenvalue weighted by Gasteiger charge is -2.16. The van der Waals surface area contributed by atoms with Gasteiger partial charge in [0.25, 0.3) is 5.91 Å².